The summed E-state index contributed by atoms with van der Waals surface area (Å²) in [5, 5.41) is 3.39. The maximum atomic E-state index is 12.5. The van der Waals surface area contributed by atoms with Crippen LogP contribution >= 0.6 is 27.3 Å². The molecule has 2 heterocycles. The molecule has 1 aromatic rings. The highest BCUT2D eigenvalue weighted by molar-refractivity contribution is 9.11. The first-order valence-corrected chi connectivity index (χ1v) is 8.10. The summed E-state index contributed by atoms with van der Waals surface area (Å²) in [7, 11) is 0. The molecule has 100 valence electrons. The molecular weight excluding hydrogens is 312 g/mol. The van der Waals surface area contributed by atoms with Gasteiger partial charge < -0.3 is 10.2 Å². The van der Waals surface area contributed by atoms with E-state index < -0.39 is 0 Å². The van der Waals surface area contributed by atoms with E-state index in [-0.39, 0.29) is 5.91 Å². The van der Waals surface area contributed by atoms with E-state index in [9.17, 15) is 4.79 Å². The van der Waals surface area contributed by atoms with Crippen molar-refractivity contribution in [3.63, 3.8) is 0 Å². The van der Waals surface area contributed by atoms with Gasteiger partial charge >= 0.3 is 0 Å². The molecule has 0 spiro atoms. The highest BCUT2D eigenvalue weighted by Gasteiger charge is 2.26. The van der Waals surface area contributed by atoms with Crippen LogP contribution in [0.4, 0.5) is 0 Å². The zero-order valence-electron chi connectivity index (χ0n) is 10.6. The van der Waals surface area contributed by atoms with Crippen molar-refractivity contribution in [2.24, 2.45) is 0 Å². The fraction of sp³-hybridized carbons (Fsp3) is 0.615. The van der Waals surface area contributed by atoms with Gasteiger partial charge in [-0.1, -0.05) is 6.92 Å². The molecule has 0 aliphatic carbocycles. The van der Waals surface area contributed by atoms with Crippen molar-refractivity contribution in [1.29, 1.82) is 0 Å². The lowest BCUT2D eigenvalue weighted by atomic mass is 10.1. The van der Waals surface area contributed by atoms with Gasteiger partial charge in [-0.15, -0.1) is 11.3 Å². The summed E-state index contributed by atoms with van der Waals surface area (Å²) < 4.78 is 1.02. The molecule has 3 nitrogen and oxygen atoms in total. The third-order valence-electron chi connectivity index (χ3n) is 3.22. The summed E-state index contributed by atoms with van der Waals surface area (Å²) in [4.78, 5) is 15.4. The van der Waals surface area contributed by atoms with Crippen molar-refractivity contribution in [2.45, 2.75) is 32.2 Å². The van der Waals surface area contributed by atoms with E-state index in [1.54, 1.807) is 0 Å². The second-order valence-electron chi connectivity index (χ2n) is 4.60. The number of nitrogens with one attached hydrogen (secondary N) is 1. The van der Waals surface area contributed by atoms with Gasteiger partial charge in [-0.3, -0.25) is 4.79 Å². The molecule has 1 unspecified atom stereocenters. The van der Waals surface area contributed by atoms with Crippen molar-refractivity contribution in [1.82, 2.24) is 10.2 Å². The summed E-state index contributed by atoms with van der Waals surface area (Å²) >= 11 is 4.94. The van der Waals surface area contributed by atoms with Gasteiger partial charge in [0.25, 0.3) is 5.91 Å². The Morgan fingerprint density at radius 1 is 1.61 bits per heavy atom. The molecule has 0 aromatic carbocycles. The standard InChI is InChI=1S/C13H19BrN2OS/c1-2-8-16(10-4-3-7-15-9-10)13(17)11-5-6-12(14)18-11/h5-6,10,15H,2-4,7-9H2,1H3. The van der Waals surface area contributed by atoms with Crippen molar-refractivity contribution in [3.8, 4) is 0 Å². The van der Waals surface area contributed by atoms with E-state index in [4.69, 9.17) is 0 Å². The minimum absolute atomic E-state index is 0.182. The number of amides is 1. The average molecular weight is 331 g/mol. The van der Waals surface area contributed by atoms with E-state index >= 15 is 0 Å². The lowest BCUT2D eigenvalue weighted by molar-refractivity contribution is 0.0654. The maximum absolute atomic E-state index is 12.5. The Bertz CT molecular complexity index is 401. The highest BCUT2D eigenvalue weighted by Crippen LogP contribution is 2.25. The van der Waals surface area contributed by atoms with Gasteiger partial charge in [0.2, 0.25) is 0 Å². The lowest BCUT2D eigenvalue weighted by Gasteiger charge is -2.34. The molecular formula is C13H19BrN2OS. The summed E-state index contributed by atoms with van der Waals surface area (Å²) in [5.41, 5.74) is 0. The third kappa shape index (κ3) is 3.33. The number of piperidine rings is 1. The minimum atomic E-state index is 0.182. The van der Waals surface area contributed by atoms with Crippen LogP contribution in [0.15, 0.2) is 15.9 Å². The summed E-state index contributed by atoms with van der Waals surface area (Å²) in [6.07, 6.45) is 3.28. The van der Waals surface area contributed by atoms with E-state index in [0.717, 1.165) is 47.6 Å². The SMILES string of the molecule is CCCN(C(=O)c1ccc(Br)s1)C1CCCNC1. The maximum Gasteiger partial charge on any atom is 0.264 e. The molecule has 5 heteroatoms. The van der Waals surface area contributed by atoms with Gasteiger partial charge in [0.15, 0.2) is 0 Å². The van der Waals surface area contributed by atoms with Crippen molar-refractivity contribution in [2.75, 3.05) is 19.6 Å². The monoisotopic (exact) mass is 330 g/mol. The van der Waals surface area contributed by atoms with Gasteiger partial charge in [0, 0.05) is 19.1 Å². The number of carbonyl (C=O) groups is 1. The van der Waals surface area contributed by atoms with Gasteiger partial charge in [0.1, 0.15) is 0 Å². The topological polar surface area (TPSA) is 32.3 Å². The van der Waals surface area contributed by atoms with Crippen LogP contribution in [-0.2, 0) is 0 Å². The van der Waals surface area contributed by atoms with Crippen LogP contribution in [0.3, 0.4) is 0 Å². The smallest absolute Gasteiger partial charge is 0.264 e. The molecule has 2 rings (SSSR count). The fourth-order valence-corrected chi connectivity index (χ4v) is 3.70. The quantitative estimate of drug-likeness (QED) is 0.919. The molecule has 1 N–H and O–H groups in total. The van der Waals surface area contributed by atoms with Crippen LogP contribution in [0, 0.1) is 0 Å². The van der Waals surface area contributed by atoms with E-state index in [1.807, 2.05) is 17.0 Å². The normalized spacial score (nSPS) is 19.8. The molecule has 1 saturated heterocycles. The first-order valence-electron chi connectivity index (χ1n) is 6.49. The van der Waals surface area contributed by atoms with Gasteiger partial charge in [0.05, 0.1) is 8.66 Å². The number of nitrogens with zero attached hydrogens (tertiary/aromatic N) is 1. The van der Waals surface area contributed by atoms with Gasteiger partial charge in [-0.2, -0.15) is 0 Å². The van der Waals surface area contributed by atoms with Crippen LogP contribution in [0.1, 0.15) is 35.9 Å². The van der Waals surface area contributed by atoms with E-state index in [0.29, 0.717) is 6.04 Å². The molecule has 0 bridgehead atoms. The highest BCUT2D eigenvalue weighted by atomic mass is 79.9. The average Bonchev–Trinajstić information content (AvgIpc) is 2.83. The molecule has 1 aliphatic rings. The molecule has 0 saturated carbocycles. The Morgan fingerprint density at radius 3 is 3.00 bits per heavy atom. The van der Waals surface area contributed by atoms with Crippen LogP contribution in [0.2, 0.25) is 0 Å². The molecule has 0 radical (unpaired) electrons. The summed E-state index contributed by atoms with van der Waals surface area (Å²) in [6, 6.07) is 4.21. The third-order valence-corrected chi connectivity index (χ3v) is 4.83. The predicted octanol–water partition coefficient (Wildman–Crippen LogP) is 3.11. The van der Waals surface area contributed by atoms with Crippen LogP contribution < -0.4 is 5.32 Å². The van der Waals surface area contributed by atoms with Crippen LogP contribution in [0.25, 0.3) is 0 Å². The molecule has 1 atom stereocenters. The Morgan fingerprint density at radius 2 is 2.44 bits per heavy atom. The molecule has 1 amide bonds. The number of hydrogen-bond donors (Lipinski definition) is 1. The minimum Gasteiger partial charge on any atom is -0.334 e. The number of carbonyl (C=O) groups excluding carboxylic acids is 1. The summed E-state index contributed by atoms with van der Waals surface area (Å²) in [5.74, 6) is 0.182. The number of halogens is 1. The zero-order valence-corrected chi connectivity index (χ0v) is 13.0. The van der Waals surface area contributed by atoms with Gasteiger partial charge in [-0.05, 0) is 53.9 Å². The first kappa shape index (κ1) is 14.0. The van der Waals surface area contributed by atoms with Crippen molar-refractivity contribution >= 4 is 33.2 Å². The van der Waals surface area contributed by atoms with E-state index in [2.05, 4.69) is 28.2 Å². The Balaban J connectivity index is 2.10. The molecule has 1 aromatic heterocycles. The molecule has 1 fully saturated rings. The lowest BCUT2D eigenvalue weighted by Crippen LogP contribution is -2.48. The van der Waals surface area contributed by atoms with Gasteiger partial charge in [-0.25, -0.2) is 0 Å². The number of rotatable bonds is 4. The molecule has 1 aliphatic heterocycles. The Labute approximate surface area is 121 Å². The van der Waals surface area contributed by atoms with Crippen LogP contribution in [-0.4, -0.2) is 36.5 Å². The zero-order chi connectivity index (χ0) is 13.0. The predicted molar refractivity (Wildman–Crippen MR) is 79.2 cm³/mol. The Hall–Kier alpha value is -0.390. The summed E-state index contributed by atoms with van der Waals surface area (Å²) in [6.45, 7) is 4.98. The second-order valence-corrected chi connectivity index (χ2v) is 7.07. The fourth-order valence-electron chi connectivity index (χ4n) is 2.36. The number of hydrogen-bond acceptors (Lipinski definition) is 3. The largest absolute Gasteiger partial charge is 0.334 e. The van der Waals surface area contributed by atoms with E-state index in [1.165, 1.54) is 11.3 Å². The molecule has 18 heavy (non-hydrogen) atoms. The van der Waals surface area contributed by atoms with Crippen molar-refractivity contribution < 1.29 is 4.79 Å². The Kier molecular flexibility index (Phi) is 5.21. The van der Waals surface area contributed by atoms with Crippen molar-refractivity contribution in [3.05, 3.63) is 20.8 Å². The second kappa shape index (κ2) is 6.68. The number of thiophene rings is 1. The first-order chi connectivity index (χ1) is 8.72. The van der Waals surface area contributed by atoms with Crippen LogP contribution in [0.5, 0.6) is 0 Å².